The smallest absolute Gasteiger partial charge is 0.296 e. The highest BCUT2D eigenvalue weighted by atomic mass is 16.2. The van der Waals surface area contributed by atoms with Crippen molar-refractivity contribution in [1.82, 2.24) is 14.3 Å². The molecule has 2 aromatic rings. The Morgan fingerprint density at radius 3 is 2.71 bits per heavy atom. The lowest BCUT2D eigenvalue weighted by Gasteiger charge is -2.08. The molecule has 0 saturated carbocycles. The maximum absolute atomic E-state index is 11.9. The predicted molar refractivity (Wildman–Crippen MR) is 63.0 cm³/mol. The Kier molecular flexibility index (Phi) is 2.67. The molecule has 0 fully saturated rings. The first kappa shape index (κ1) is 11.3. The fourth-order valence-electron chi connectivity index (χ4n) is 1.63. The minimum atomic E-state index is -0.548. The molecule has 0 saturated heterocycles. The predicted octanol–water partition coefficient (Wildman–Crippen LogP) is 0.914. The second-order valence-electron chi connectivity index (χ2n) is 4.06. The van der Waals surface area contributed by atoms with E-state index in [4.69, 9.17) is 0 Å². The standard InChI is InChI=1S/C12H13N3O2/c1-8-5-4-6-15-9(7-13-11(8)15)10(16)12(17)14(2)3/h4-7H,1-3H3. The van der Waals surface area contributed by atoms with Gasteiger partial charge in [-0.3, -0.25) is 14.0 Å². The van der Waals surface area contributed by atoms with Gasteiger partial charge in [-0.2, -0.15) is 0 Å². The third kappa shape index (κ3) is 1.80. The van der Waals surface area contributed by atoms with Gasteiger partial charge in [0.1, 0.15) is 11.3 Å². The minimum Gasteiger partial charge on any atom is -0.342 e. The number of amides is 1. The molecular formula is C12H13N3O2. The summed E-state index contributed by atoms with van der Waals surface area (Å²) in [7, 11) is 3.10. The highest BCUT2D eigenvalue weighted by Gasteiger charge is 2.21. The van der Waals surface area contributed by atoms with Crippen LogP contribution < -0.4 is 0 Å². The van der Waals surface area contributed by atoms with Gasteiger partial charge in [-0.05, 0) is 18.6 Å². The van der Waals surface area contributed by atoms with Gasteiger partial charge in [-0.25, -0.2) is 4.98 Å². The maximum atomic E-state index is 11.9. The van der Waals surface area contributed by atoms with Crippen molar-refractivity contribution in [3.63, 3.8) is 0 Å². The molecule has 2 aromatic heterocycles. The second kappa shape index (κ2) is 4.01. The summed E-state index contributed by atoms with van der Waals surface area (Å²) >= 11 is 0. The van der Waals surface area contributed by atoms with Gasteiger partial charge in [-0.1, -0.05) is 6.07 Å². The average Bonchev–Trinajstić information content (AvgIpc) is 2.72. The number of ketones is 1. The number of Topliss-reactive ketones (excluding diaryl/α,β-unsaturated/α-hetero) is 1. The van der Waals surface area contributed by atoms with Crippen molar-refractivity contribution in [2.24, 2.45) is 0 Å². The molecule has 0 aliphatic carbocycles. The zero-order chi connectivity index (χ0) is 12.6. The third-order valence-corrected chi connectivity index (χ3v) is 2.56. The largest absolute Gasteiger partial charge is 0.342 e. The Morgan fingerprint density at radius 1 is 1.35 bits per heavy atom. The van der Waals surface area contributed by atoms with Gasteiger partial charge in [0, 0.05) is 20.3 Å². The Balaban J connectivity index is 2.54. The van der Waals surface area contributed by atoms with Crippen LogP contribution in [0.25, 0.3) is 5.65 Å². The second-order valence-corrected chi connectivity index (χ2v) is 4.06. The van der Waals surface area contributed by atoms with E-state index in [0.29, 0.717) is 11.3 Å². The lowest BCUT2D eigenvalue weighted by Crippen LogP contribution is -2.30. The summed E-state index contributed by atoms with van der Waals surface area (Å²) in [5.41, 5.74) is 1.95. The molecule has 0 spiro atoms. The molecule has 5 nitrogen and oxygen atoms in total. The molecule has 0 N–H and O–H groups in total. The highest BCUT2D eigenvalue weighted by Crippen LogP contribution is 2.11. The Morgan fingerprint density at radius 2 is 2.06 bits per heavy atom. The van der Waals surface area contributed by atoms with Crippen LogP contribution in [0.3, 0.4) is 0 Å². The zero-order valence-electron chi connectivity index (χ0n) is 9.97. The Labute approximate surface area is 98.7 Å². The highest BCUT2D eigenvalue weighted by molar-refractivity contribution is 6.42. The van der Waals surface area contributed by atoms with E-state index in [0.717, 1.165) is 5.56 Å². The van der Waals surface area contributed by atoms with Crippen LogP contribution in [0.15, 0.2) is 24.5 Å². The summed E-state index contributed by atoms with van der Waals surface area (Å²) in [5.74, 6) is -1.10. The molecule has 0 atom stereocenters. The molecule has 17 heavy (non-hydrogen) atoms. The number of aromatic nitrogens is 2. The molecule has 0 radical (unpaired) electrons. The first-order valence-electron chi connectivity index (χ1n) is 5.21. The first-order valence-corrected chi connectivity index (χ1v) is 5.21. The topological polar surface area (TPSA) is 54.7 Å². The van der Waals surface area contributed by atoms with Gasteiger partial charge in [-0.15, -0.1) is 0 Å². The fourth-order valence-corrected chi connectivity index (χ4v) is 1.63. The van der Waals surface area contributed by atoms with E-state index in [1.807, 2.05) is 19.1 Å². The van der Waals surface area contributed by atoms with Gasteiger partial charge in [0.05, 0.1) is 6.20 Å². The van der Waals surface area contributed by atoms with Crippen molar-refractivity contribution in [3.05, 3.63) is 35.8 Å². The molecular weight excluding hydrogens is 218 g/mol. The third-order valence-electron chi connectivity index (χ3n) is 2.56. The molecule has 0 unspecified atom stereocenters. The van der Waals surface area contributed by atoms with Gasteiger partial charge in [0.25, 0.3) is 11.7 Å². The van der Waals surface area contributed by atoms with Gasteiger partial charge < -0.3 is 4.90 Å². The maximum Gasteiger partial charge on any atom is 0.296 e. The van der Waals surface area contributed by atoms with Crippen molar-refractivity contribution in [1.29, 1.82) is 0 Å². The van der Waals surface area contributed by atoms with E-state index < -0.39 is 11.7 Å². The molecule has 0 aliphatic rings. The molecule has 2 heterocycles. The van der Waals surface area contributed by atoms with E-state index in [-0.39, 0.29) is 0 Å². The van der Waals surface area contributed by atoms with E-state index in [9.17, 15) is 9.59 Å². The number of fused-ring (bicyclic) bond motifs is 1. The van der Waals surface area contributed by atoms with E-state index in [2.05, 4.69) is 4.98 Å². The van der Waals surface area contributed by atoms with Crippen molar-refractivity contribution in [2.75, 3.05) is 14.1 Å². The SMILES string of the molecule is Cc1cccn2c(C(=O)C(=O)N(C)C)cnc12. The van der Waals surface area contributed by atoms with Crippen molar-refractivity contribution < 1.29 is 9.59 Å². The van der Waals surface area contributed by atoms with Crippen LogP contribution >= 0.6 is 0 Å². The number of imidazole rings is 1. The lowest BCUT2D eigenvalue weighted by atomic mass is 10.2. The number of nitrogens with zero attached hydrogens (tertiary/aromatic N) is 3. The Hall–Kier alpha value is -2.17. The molecule has 2 rings (SSSR count). The van der Waals surface area contributed by atoms with Crippen molar-refractivity contribution in [2.45, 2.75) is 6.92 Å². The van der Waals surface area contributed by atoms with Crippen LogP contribution in [-0.4, -0.2) is 40.1 Å². The number of hydrogen-bond acceptors (Lipinski definition) is 3. The number of rotatable bonds is 2. The molecule has 0 aromatic carbocycles. The first-order chi connectivity index (χ1) is 8.02. The van der Waals surface area contributed by atoms with Crippen LogP contribution in [0.2, 0.25) is 0 Å². The Bertz CT molecular complexity index is 599. The quantitative estimate of drug-likeness (QED) is 0.570. The summed E-state index contributed by atoms with van der Waals surface area (Å²) in [5, 5.41) is 0. The van der Waals surface area contributed by atoms with Gasteiger partial charge in [0.2, 0.25) is 0 Å². The minimum absolute atomic E-state index is 0.294. The van der Waals surface area contributed by atoms with Crippen molar-refractivity contribution >= 4 is 17.3 Å². The number of pyridine rings is 1. The normalized spacial score (nSPS) is 10.5. The molecule has 5 heteroatoms. The van der Waals surface area contributed by atoms with Gasteiger partial charge in [0.15, 0.2) is 0 Å². The number of likely N-dealkylation sites (N-methyl/N-ethyl adjacent to an activating group) is 1. The van der Waals surface area contributed by atoms with Crippen molar-refractivity contribution in [3.8, 4) is 0 Å². The summed E-state index contributed by atoms with van der Waals surface area (Å²) in [6, 6.07) is 3.73. The van der Waals surface area contributed by atoms with Gasteiger partial charge >= 0.3 is 0 Å². The molecule has 88 valence electrons. The van der Waals surface area contributed by atoms with Crippen LogP contribution in [-0.2, 0) is 4.79 Å². The molecule has 0 aliphatic heterocycles. The average molecular weight is 231 g/mol. The number of carbonyl (C=O) groups is 2. The summed E-state index contributed by atoms with van der Waals surface area (Å²) in [6.45, 7) is 1.91. The molecule has 1 amide bonds. The fraction of sp³-hybridized carbons (Fsp3) is 0.250. The number of carbonyl (C=O) groups excluding carboxylic acids is 2. The number of hydrogen-bond donors (Lipinski definition) is 0. The summed E-state index contributed by atoms with van der Waals surface area (Å²) < 4.78 is 1.64. The van der Waals surface area contributed by atoms with E-state index in [1.165, 1.54) is 11.1 Å². The summed E-state index contributed by atoms with van der Waals surface area (Å²) in [6.07, 6.45) is 3.16. The summed E-state index contributed by atoms with van der Waals surface area (Å²) in [4.78, 5) is 28.9. The van der Waals surface area contributed by atoms with E-state index >= 15 is 0 Å². The van der Waals surface area contributed by atoms with Crippen LogP contribution in [0.1, 0.15) is 16.1 Å². The van der Waals surface area contributed by atoms with E-state index in [1.54, 1.807) is 24.7 Å². The van der Waals surface area contributed by atoms with Crippen LogP contribution in [0, 0.1) is 6.92 Å². The zero-order valence-corrected chi connectivity index (χ0v) is 9.97. The van der Waals surface area contributed by atoms with Crippen LogP contribution in [0.4, 0.5) is 0 Å². The lowest BCUT2D eigenvalue weighted by molar-refractivity contribution is -0.124. The number of aryl methyl sites for hydroxylation is 1. The monoisotopic (exact) mass is 231 g/mol. The molecule has 0 bridgehead atoms. The van der Waals surface area contributed by atoms with Crippen LogP contribution in [0.5, 0.6) is 0 Å².